The first-order valence-corrected chi connectivity index (χ1v) is 9.20. The molecule has 0 N–H and O–H groups in total. The van der Waals surface area contributed by atoms with Gasteiger partial charge in [0.25, 0.3) is 5.56 Å². The molecular formula is C17H21N5OS. The Kier molecular flexibility index (Phi) is 3.88. The lowest BCUT2D eigenvalue weighted by Gasteiger charge is -2.23. The summed E-state index contributed by atoms with van der Waals surface area (Å²) in [6, 6.07) is 1.97. The van der Waals surface area contributed by atoms with Gasteiger partial charge in [-0.2, -0.15) is 0 Å². The first kappa shape index (κ1) is 15.4. The van der Waals surface area contributed by atoms with Gasteiger partial charge in [0.15, 0.2) is 0 Å². The Bertz CT molecular complexity index is 937. The Hall–Kier alpha value is -2.15. The molecule has 0 bridgehead atoms. The molecule has 6 nitrogen and oxygen atoms in total. The molecule has 4 rings (SSSR count). The zero-order valence-electron chi connectivity index (χ0n) is 14.0. The number of fused-ring (bicyclic) bond motifs is 3. The molecule has 1 saturated heterocycles. The molecule has 7 heteroatoms. The van der Waals surface area contributed by atoms with Crippen molar-refractivity contribution in [3.8, 4) is 0 Å². The van der Waals surface area contributed by atoms with Crippen molar-refractivity contribution >= 4 is 37.5 Å². The highest BCUT2D eigenvalue weighted by molar-refractivity contribution is 7.25. The summed E-state index contributed by atoms with van der Waals surface area (Å²) in [5.41, 5.74) is 1.84. The minimum atomic E-state index is 0.0228. The summed E-state index contributed by atoms with van der Waals surface area (Å²) >= 11 is 1.44. The van der Waals surface area contributed by atoms with Crippen LogP contribution in [0.3, 0.4) is 0 Å². The zero-order chi connectivity index (χ0) is 16.7. The molecular weight excluding hydrogens is 322 g/mol. The van der Waals surface area contributed by atoms with Gasteiger partial charge in [-0.1, -0.05) is 12.8 Å². The first-order valence-electron chi connectivity index (χ1n) is 8.38. The molecule has 0 saturated carbocycles. The van der Waals surface area contributed by atoms with Crippen molar-refractivity contribution in [1.29, 1.82) is 0 Å². The number of anilines is 1. The average molecular weight is 343 g/mol. The van der Waals surface area contributed by atoms with Crippen molar-refractivity contribution in [2.45, 2.75) is 25.7 Å². The molecule has 3 aromatic heterocycles. The third kappa shape index (κ3) is 2.43. The van der Waals surface area contributed by atoms with Gasteiger partial charge in [0.1, 0.15) is 21.4 Å². The zero-order valence-corrected chi connectivity index (χ0v) is 14.8. The first-order chi connectivity index (χ1) is 11.7. The minimum Gasteiger partial charge on any atom is -0.377 e. The second-order valence-corrected chi connectivity index (χ2v) is 7.45. The van der Waals surface area contributed by atoms with Crippen LogP contribution in [-0.4, -0.2) is 41.8 Å². The molecule has 0 unspecified atom stereocenters. The molecule has 0 amide bonds. The maximum Gasteiger partial charge on any atom is 0.290 e. The van der Waals surface area contributed by atoms with Crippen molar-refractivity contribution in [3.63, 3.8) is 0 Å². The molecule has 0 aromatic carbocycles. The fourth-order valence-corrected chi connectivity index (χ4v) is 4.41. The third-order valence-electron chi connectivity index (χ3n) is 4.61. The van der Waals surface area contributed by atoms with Gasteiger partial charge in [-0.15, -0.1) is 11.3 Å². The lowest BCUT2D eigenvalue weighted by molar-refractivity contribution is 0.569. The fourth-order valence-electron chi connectivity index (χ4n) is 3.37. The van der Waals surface area contributed by atoms with Gasteiger partial charge in [0.2, 0.25) is 0 Å². The van der Waals surface area contributed by atoms with E-state index in [1.807, 2.05) is 25.1 Å². The second kappa shape index (κ2) is 6.05. The molecule has 0 spiro atoms. The van der Waals surface area contributed by atoms with Gasteiger partial charge in [-0.3, -0.25) is 4.79 Å². The van der Waals surface area contributed by atoms with E-state index < -0.39 is 0 Å². The van der Waals surface area contributed by atoms with E-state index >= 15 is 0 Å². The van der Waals surface area contributed by atoms with Gasteiger partial charge < -0.3 is 9.91 Å². The Morgan fingerprint density at radius 1 is 1.12 bits per heavy atom. The molecule has 126 valence electrons. The van der Waals surface area contributed by atoms with Gasteiger partial charge in [-0.25, -0.2) is 14.6 Å². The highest BCUT2D eigenvalue weighted by Crippen LogP contribution is 2.34. The monoisotopic (exact) mass is 343 g/mol. The Labute approximate surface area is 144 Å². The predicted molar refractivity (Wildman–Crippen MR) is 99.9 cm³/mol. The van der Waals surface area contributed by atoms with Crippen LogP contribution in [0.1, 0.15) is 25.7 Å². The Morgan fingerprint density at radius 3 is 2.58 bits per heavy atom. The molecule has 3 aromatic rings. The van der Waals surface area contributed by atoms with Crippen LogP contribution in [0, 0.1) is 0 Å². The van der Waals surface area contributed by atoms with E-state index in [-0.39, 0.29) is 5.56 Å². The second-order valence-electron chi connectivity index (χ2n) is 6.45. The van der Waals surface area contributed by atoms with Gasteiger partial charge in [-0.05, 0) is 18.9 Å². The maximum absolute atomic E-state index is 13.0. The van der Waals surface area contributed by atoms with Crippen LogP contribution in [0.5, 0.6) is 0 Å². The van der Waals surface area contributed by atoms with Gasteiger partial charge >= 0.3 is 0 Å². The van der Waals surface area contributed by atoms with E-state index in [2.05, 4.69) is 15.0 Å². The van der Waals surface area contributed by atoms with E-state index in [9.17, 15) is 4.79 Å². The number of rotatable bonds is 2. The van der Waals surface area contributed by atoms with E-state index in [0.29, 0.717) is 4.70 Å². The van der Waals surface area contributed by atoms with Gasteiger partial charge in [0.05, 0.1) is 11.1 Å². The lowest BCUT2D eigenvalue weighted by Crippen LogP contribution is -2.42. The summed E-state index contributed by atoms with van der Waals surface area (Å²) in [6.07, 6.45) is 8.21. The molecule has 0 atom stereocenters. The number of thiophene rings is 1. The minimum absolute atomic E-state index is 0.0228. The lowest BCUT2D eigenvalue weighted by atomic mass is 10.2. The smallest absolute Gasteiger partial charge is 0.290 e. The topological polar surface area (TPSA) is 54.3 Å². The summed E-state index contributed by atoms with van der Waals surface area (Å²) in [5, 5.41) is 3.11. The van der Waals surface area contributed by atoms with Crippen LogP contribution in [0.15, 0.2) is 23.4 Å². The van der Waals surface area contributed by atoms with Crippen LogP contribution >= 0.6 is 11.3 Å². The highest BCUT2D eigenvalue weighted by Gasteiger charge is 2.18. The van der Waals surface area contributed by atoms with Crippen LogP contribution in [-0.2, 0) is 0 Å². The van der Waals surface area contributed by atoms with E-state index in [1.54, 1.807) is 17.2 Å². The summed E-state index contributed by atoms with van der Waals surface area (Å²) in [4.78, 5) is 25.0. The van der Waals surface area contributed by atoms with Crippen molar-refractivity contribution in [2.24, 2.45) is 0 Å². The maximum atomic E-state index is 13.0. The summed E-state index contributed by atoms with van der Waals surface area (Å²) in [5.74, 6) is 0. The number of pyridine rings is 1. The normalized spacial score (nSPS) is 15.8. The Balaban J connectivity index is 1.92. The molecule has 1 aliphatic heterocycles. The molecule has 0 aliphatic carbocycles. The molecule has 1 fully saturated rings. The predicted octanol–water partition coefficient (Wildman–Crippen LogP) is 2.58. The van der Waals surface area contributed by atoms with Crippen LogP contribution < -0.4 is 15.5 Å². The van der Waals surface area contributed by atoms with Gasteiger partial charge in [0, 0.05) is 33.4 Å². The standard InChI is InChI=1S/C17H21N5OS/c1-20(2)12-7-8-18-16-13(12)14-15(24-16)17(23)22(11-19-14)21-9-5-3-4-6-10-21/h7-8,11H,3-6,9-10H2,1-2H3. The number of nitrogens with zero attached hydrogens (tertiary/aromatic N) is 5. The van der Waals surface area contributed by atoms with Crippen molar-refractivity contribution in [1.82, 2.24) is 14.6 Å². The highest BCUT2D eigenvalue weighted by atomic mass is 32.1. The van der Waals surface area contributed by atoms with E-state index in [1.165, 1.54) is 24.2 Å². The SMILES string of the molecule is CN(C)c1ccnc2sc3c(=O)n(N4CCCCCC4)cnc3c12. The van der Waals surface area contributed by atoms with E-state index in [0.717, 1.165) is 47.4 Å². The van der Waals surface area contributed by atoms with Crippen LogP contribution in [0.4, 0.5) is 5.69 Å². The summed E-state index contributed by atoms with van der Waals surface area (Å²) < 4.78 is 2.40. The molecule has 1 aliphatic rings. The largest absolute Gasteiger partial charge is 0.377 e. The average Bonchev–Trinajstić information content (AvgIpc) is 2.76. The molecule has 0 radical (unpaired) electrons. The third-order valence-corrected chi connectivity index (χ3v) is 5.69. The van der Waals surface area contributed by atoms with Crippen molar-refractivity contribution in [2.75, 3.05) is 37.1 Å². The van der Waals surface area contributed by atoms with Crippen molar-refractivity contribution < 1.29 is 0 Å². The number of hydrogen-bond acceptors (Lipinski definition) is 6. The van der Waals surface area contributed by atoms with Crippen LogP contribution in [0.25, 0.3) is 20.4 Å². The Morgan fingerprint density at radius 2 is 1.88 bits per heavy atom. The summed E-state index contributed by atoms with van der Waals surface area (Å²) in [6.45, 7) is 1.83. The molecule has 4 heterocycles. The number of aromatic nitrogens is 3. The number of hydrogen-bond donors (Lipinski definition) is 0. The van der Waals surface area contributed by atoms with Crippen LogP contribution in [0.2, 0.25) is 0 Å². The van der Waals surface area contributed by atoms with Crippen molar-refractivity contribution in [3.05, 3.63) is 28.9 Å². The van der Waals surface area contributed by atoms with E-state index in [4.69, 9.17) is 0 Å². The molecule has 24 heavy (non-hydrogen) atoms. The summed E-state index contributed by atoms with van der Waals surface area (Å²) in [7, 11) is 3.99. The fraction of sp³-hybridized carbons (Fsp3) is 0.471. The quantitative estimate of drug-likeness (QED) is 0.716.